The standard InChI is InChI=1S/C10H12N2O.C5H10O2/c1-7(12-13)8-2-3-10-9(6-8)4-5-11-10;1-5(2,3)7-4-6/h2-3,6,11,13H,4-5H2,1H3;4H,1-3H3. The number of benzene rings is 1. The molecule has 5 nitrogen and oxygen atoms in total. The van der Waals surface area contributed by atoms with Crippen LogP contribution in [0.15, 0.2) is 23.4 Å². The second kappa shape index (κ2) is 6.93. The van der Waals surface area contributed by atoms with Crippen LogP contribution < -0.4 is 5.32 Å². The van der Waals surface area contributed by atoms with Crippen LogP contribution in [0.2, 0.25) is 0 Å². The van der Waals surface area contributed by atoms with Gasteiger partial charge in [-0.15, -0.1) is 0 Å². The predicted octanol–water partition coefficient (Wildman–Crippen LogP) is 2.81. The van der Waals surface area contributed by atoms with Crippen molar-refractivity contribution in [3.05, 3.63) is 29.3 Å². The average Bonchev–Trinajstić information content (AvgIpc) is 2.84. The highest BCUT2D eigenvalue weighted by atomic mass is 16.5. The molecular weight excluding hydrogens is 256 g/mol. The van der Waals surface area contributed by atoms with Gasteiger partial charge in [-0.25, -0.2) is 0 Å². The lowest BCUT2D eigenvalue weighted by molar-refractivity contribution is -0.138. The maximum Gasteiger partial charge on any atom is 0.293 e. The number of anilines is 1. The SMILES string of the molecule is CC(=NO)c1ccc2c(c1)CCN2.CC(C)(C)OC=O. The fraction of sp³-hybridized carbons (Fsp3) is 0.467. The highest BCUT2D eigenvalue weighted by Crippen LogP contribution is 2.23. The molecule has 0 radical (unpaired) electrons. The second-order valence-electron chi connectivity index (χ2n) is 5.56. The van der Waals surface area contributed by atoms with Gasteiger partial charge in [0.05, 0.1) is 5.71 Å². The summed E-state index contributed by atoms with van der Waals surface area (Å²) in [5.74, 6) is 0. The minimum absolute atomic E-state index is 0.318. The third kappa shape index (κ3) is 4.91. The van der Waals surface area contributed by atoms with E-state index in [9.17, 15) is 4.79 Å². The minimum atomic E-state index is -0.318. The lowest BCUT2D eigenvalue weighted by atomic mass is 10.1. The topological polar surface area (TPSA) is 70.9 Å². The average molecular weight is 278 g/mol. The Morgan fingerprint density at radius 2 is 2.15 bits per heavy atom. The van der Waals surface area contributed by atoms with Crippen LogP contribution in [0.5, 0.6) is 0 Å². The number of rotatable bonds is 2. The fourth-order valence-electron chi connectivity index (χ4n) is 1.73. The van der Waals surface area contributed by atoms with Gasteiger partial charge in [0, 0.05) is 12.2 Å². The number of nitrogens with one attached hydrogen (secondary N) is 1. The lowest BCUT2D eigenvalue weighted by Crippen LogP contribution is -2.17. The van der Waals surface area contributed by atoms with E-state index in [1.165, 1.54) is 11.3 Å². The van der Waals surface area contributed by atoms with E-state index in [-0.39, 0.29) is 5.60 Å². The summed E-state index contributed by atoms with van der Waals surface area (Å²) >= 11 is 0. The lowest BCUT2D eigenvalue weighted by Gasteiger charge is -2.14. The molecule has 2 rings (SSSR count). The summed E-state index contributed by atoms with van der Waals surface area (Å²) in [5.41, 5.74) is 3.84. The smallest absolute Gasteiger partial charge is 0.293 e. The van der Waals surface area contributed by atoms with Crippen LogP contribution in [0.25, 0.3) is 0 Å². The van der Waals surface area contributed by atoms with E-state index in [1.54, 1.807) is 6.92 Å². The zero-order valence-electron chi connectivity index (χ0n) is 12.4. The zero-order valence-corrected chi connectivity index (χ0v) is 12.4. The van der Waals surface area contributed by atoms with Crippen LogP contribution in [-0.4, -0.2) is 29.5 Å². The zero-order chi connectivity index (χ0) is 15.2. The molecule has 1 aliphatic rings. The Kier molecular flexibility index (Phi) is 5.55. The summed E-state index contributed by atoms with van der Waals surface area (Å²) in [4.78, 5) is 9.60. The molecule has 0 aromatic heterocycles. The Labute approximate surface area is 119 Å². The third-order valence-corrected chi connectivity index (χ3v) is 2.78. The molecule has 20 heavy (non-hydrogen) atoms. The van der Waals surface area contributed by atoms with Gasteiger partial charge in [-0.1, -0.05) is 11.2 Å². The number of hydrogen-bond donors (Lipinski definition) is 2. The number of hydrogen-bond acceptors (Lipinski definition) is 5. The monoisotopic (exact) mass is 278 g/mol. The molecule has 0 unspecified atom stereocenters. The van der Waals surface area contributed by atoms with Crippen molar-refractivity contribution in [1.82, 2.24) is 0 Å². The van der Waals surface area contributed by atoms with Crippen LogP contribution in [0.1, 0.15) is 38.8 Å². The molecule has 0 bridgehead atoms. The molecule has 2 N–H and O–H groups in total. The summed E-state index contributed by atoms with van der Waals surface area (Å²) in [6, 6.07) is 6.07. The van der Waals surface area contributed by atoms with Gasteiger partial charge in [-0.3, -0.25) is 4.79 Å². The molecule has 1 heterocycles. The first kappa shape index (κ1) is 16.0. The van der Waals surface area contributed by atoms with E-state index >= 15 is 0 Å². The number of ether oxygens (including phenoxy) is 1. The molecule has 5 heteroatoms. The van der Waals surface area contributed by atoms with E-state index in [0.29, 0.717) is 12.2 Å². The van der Waals surface area contributed by atoms with Crippen LogP contribution in [-0.2, 0) is 16.0 Å². The van der Waals surface area contributed by atoms with Crippen molar-refractivity contribution in [2.75, 3.05) is 11.9 Å². The van der Waals surface area contributed by atoms with Gasteiger partial charge in [-0.05, 0) is 57.4 Å². The van der Waals surface area contributed by atoms with Crippen LogP contribution in [0.3, 0.4) is 0 Å². The summed E-state index contributed by atoms with van der Waals surface area (Å²) in [6.45, 7) is 8.72. The second-order valence-corrected chi connectivity index (χ2v) is 5.56. The van der Waals surface area contributed by atoms with Crippen molar-refractivity contribution >= 4 is 17.9 Å². The van der Waals surface area contributed by atoms with Crippen molar-refractivity contribution < 1.29 is 14.7 Å². The maximum absolute atomic E-state index is 9.60. The molecular formula is C15H22N2O3. The Balaban J connectivity index is 0.000000246. The van der Waals surface area contributed by atoms with Gasteiger partial charge in [0.2, 0.25) is 0 Å². The van der Waals surface area contributed by atoms with Crippen molar-refractivity contribution in [3.8, 4) is 0 Å². The molecule has 0 saturated heterocycles. The van der Waals surface area contributed by atoms with Gasteiger partial charge < -0.3 is 15.3 Å². The molecule has 1 aromatic carbocycles. The third-order valence-electron chi connectivity index (χ3n) is 2.78. The Hall–Kier alpha value is -2.04. The Morgan fingerprint density at radius 3 is 2.65 bits per heavy atom. The normalized spacial score (nSPS) is 13.7. The first-order valence-corrected chi connectivity index (χ1v) is 6.54. The summed E-state index contributed by atoms with van der Waals surface area (Å²) in [7, 11) is 0. The van der Waals surface area contributed by atoms with Crippen molar-refractivity contribution in [2.24, 2.45) is 5.16 Å². The number of oxime groups is 1. The quantitative estimate of drug-likeness (QED) is 0.378. The summed E-state index contributed by atoms with van der Waals surface area (Å²) in [5, 5.41) is 15.1. The molecule has 0 aliphatic carbocycles. The first-order chi connectivity index (χ1) is 9.37. The van der Waals surface area contributed by atoms with Crippen molar-refractivity contribution in [1.29, 1.82) is 0 Å². The molecule has 0 fully saturated rings. The molecule has 0 amide bonds. The number of fused-ring (bicyclic) bond motifs is 1. The largest absolute Gasteiger partial charge is 0.462 e. The Bertz CT molecular complexity index is 490. The molecule has 0 spiro atoms. The molecule has 1 aromatic rings. The van der Waals surface area contributed by atoms with Crippen molar-refractivity contribution in [3.63, 3.8) is 0 Å². The van der Waals surface area contributed by atoms with Crippen LogP contribution >= 0.6 is 0 Å². The Morgan fingerprint density at radius 1 is 1.45 bits per heavy atom. The number of carbonyl (C=O) groups excluding carboxylic acids is 1. The van der Waals surface area contributed by atoms with Crippen LogP contribution in [0.4, 0.5) is 5.69 Å². The van der Waals surface area contributed by atoms with Crippen molar-refractivity contribution in [2.45, 2.75) is 39.7 Å². The van der Waals surface area contributed by atoms with E-state index in [2.05, 4.69) is 21.3 Å². The highest BCUT2D eigenvalue weighted by molar-refractivity contribution is 5.98. The van der Waals surface area contributed by atoms with Gasteiger partial charge in [0.15, 0.2) is 0 Å². The number of nitrogens with zero attached hydrogens (tertiary/aromatic N) is 1. The maximum atomic E-state index is 9.60. The van der Waals surface area contributed by atoms with E-state index in [4.69, 9.17) is 5.21 Å². The van der Waals surface area contributed by atoms with Gasteiger partial charge in [0.1, 0.15) is 5.60 Å². The van der Waals surface area contributed by atoms with Gasteiger partial charge in [0.25, 0.3) is 6.47 Å². The molecule has 110 valence electrons. The van der Waals surface area contributed by atoms with E-state index in [0.717, 1.165) is 18.5 Å². The molecule has 1 aliphatic heterocycles. The first-order valence-electron chi connectivity index (χ1n) is 6.54. The highest BCUT2D eigenvalue weighted by Gasteiger charge is 2.10. The van der Waals surface area contributed by atoms with Crippen LogP contribution in [0, 0.1) is 0 Å². The predicted molar refractivity (Wildman–Crippen MR) is 79.5 cm³/mol. The molecule has 0 atom stereocenters. The minimum Gasteiger partial charge on any atom is -0.462 e. The number of carbonyl (C=O) groups is 1. The van der Waals surface area contributed by atoms with E-state index < -0.39 is 0 Å². The van der Waals surface area contributed by atoms with E-state index in [1.807, 2.05) is 32.9 Å². The fourth-order valence-corrected chi connectivity index (χ4v) is 1.73. The van der Waals surface area contributed by atoms with Gasteiger partial charge >= 0.3 is 0 Å². The molecule has 0 saturated carbocycles. The van der Waals surface area contributed by atoms with Gasteiger partial charge in [-0.2, -0.15) is 0 Å². The summed E-state index contributed by atoms with van der Waals surface area (Å²) < 4.78 is 4.55. The summed E-state index contributed by atoms with van der Waals surface area (Å²) in [6.07, 6.45) is 1.06.